The molecule has 4 unspecified atom stereocenters. The Labute approximate surface area is 153 Å². The van der Waals surface area contributed by atoms with Crippen molar-refractivity contribution >= 4 is 34.0 Å². The van der Waals surface area contributed by atoms with Crippen molar-refractivity contribution in [2.24, 2.45) is 28.8 Å². The second-order valence-electron chi connectivity index (χ2n) is 6.63. The number of amides is 2. The number of hydrogen-bond acceptors (Lipinski definition) is 5. The van der Waals surface area contributed by atoms with Crippen LogP contribution in [-0.2, 0) is 9.59 Å². The summed E-state index contributed by atoms with van der Waals surface area (Å²) in [4.78, 5) is 25.4. The largest absolute Gasteiger partial charge is 0.503 e. The zero-order chi connectivity index (χ0) is 17.7. The Kier molecular flexibility index (Phi) is 3.91. The number of benzene rings is 1. The number of ether oxygens (including phenoxy) is 1. The molecule has 4 aliphatic rings. The molecule has 2 fully saturated rings. The molecule has 1 aromatic carbocycles. The second-order valence-corrected chi connectivity index (χ2v) is 7.48. The molecule has 2 bridgehead atoms. The van der Waals surface area contributed by atoms with Gasteiger partial charge in [0.15, 0.2) is 11.5 Å². The van der Waals surface area contributed by atoms with Crippen LogP contribution in [0.5, 0.6) is 11.5 Å². The van der Waals surface area contributed by atoms with Crippen LogP contribution >= 0.6 is 15.9 Å². The first kappa shape index (κ1) is 16.3. The van der Waals surface area contributed by atoms with E-state index in [1.807, 2.05) is 0 Å². The van der Waals surface area contributed by atoms with Gasteiger partial charge in [-0.25, -0.2) is 0 Å². The second kappa shape index (κ2) is 5.98. The van der Waals surface area contributed by atoms with Gasteiger partial charge >= 0.3 is 0 Å². The summed E-state index contributed by atoms with van der Waals surface area (Å²) in [6.45, 7) is 0. The molecule has 1 heterocycles. The number of carbonyl (C=O) groups excluding carboxylic acids is 2. The molecule has 1 aromatic rings. The third-order valence-corrected chi connectivity index (χ3v) is 5.93. The minimum Gasteiger partial charge on any atom is -0.503 e. The van der Waals surface area contributed by atoms with Crippen LogP contribution in [0.1, 0.15) is 18.4 Å². The van der Waals surface area contributed by atoms with E-state index >= 15 is 0 Å². The van der Waals surface area contributed by atoms with Crippen LogP contribution in [0.4, 0.5) is 0 Å². The maximum absolute atomic E-state index is 12.7. The number of hydrazone groups is 1. The van der Waals surface area contributed by atoms with Gasteiger partial charge in [0.2, 0.25) is 0 Å². The number of allylic oxidation sites excluding steroid dienone is 2. The third kappa shape index (κ3) is 2.49. The molecule has 1 aliphatic heterocycles. The maximum Gasteiger partial charge on any atom is 0.254 e. The Morgan fingerprint density at radius 2 is 1.80 bits per heavy atom. The summed E-state index contributed by atoms with van der Waals surface area (Å²) >= 11 is 3.24. The van der Waals surface area contributed by atoms with Crippen molar-refractivity contribution < 1.29 is 19.4 Å². The first-order valence-corrected chi connectivity index (χ1v) is 8.97. The van der Waals surface area contributed by atoms with Crippen LogP contribution in [0, 0.1) is 23.7 Å². The van der Waals surface area contributed by atoms with Gasteiger partial charge in [-0.15, -0.1) is 0 Å². The van der Waals surface area contributed by atoms with Crippen LogP contribution in [0.15, 0.2) is 33.9 Å². The van der Waals surface area contributed by atoms with Crippen LogP contribution in [-0.4, -0.2) is 35.3 Å². The maximum atomic E-state index is 12.7. The fraction of sp³-hybridized carbons (Fsp3) is 0.389. The lowest BCUT2D eigenvalue weighted by Crippen LogP contribution is -2.38. The Morgan fingerprint density at radius 1 is 1.20 bits per heavy atom. The number of hydrogen-bond donors (Lipinski definition) is 1. The average molecular weight is 405 g/mol. The average Bonchev–Trinajstić information content (AvgIpc) is 2.90. The van der Waals surface area contributed by atoms with Gasteiger partial charge in [0, 0.05) is 0 Å². The Morgan fingerprint density at radius 3 is 2.32 bits per heavy atom. The van der Waals surface area contributed by atoms with Crippen molar-refractivity contribution in [2.75, 3.05) is 7.11 Å². The highest BCUT2D eigenvalue weighted by molar-refractivity contribution is 9.10. The van der Waals surface area contributed by atoms with E-state index in [1.54, 1.807) is 12.1 Å². The van der Waals surface area contributed by atoms with Gasteiger partial charge in [0.05, 0.1) is 29.6 Å². The number of phenolic OH excluding ortho intramolecular Hbond substituents is 1. The molecule has 1 saturated carbocycles. The van der Waals surface area contributed by atoms with Crippen LogP contribution in [0.3, 0.4) is 0 Å². The number of carbonyl (C=O) groups is 2. The lowest BCUT2D eigenvalue weighted by molar-refractivity contribution is -0.140. The molecule has 7 heteroatoms. The third-order valence-electron chi connectivity index (χ3n) is 5.33. The predicted molar refractivity (Wildman–Crippen MR) is 94.1 cm³/mol. The molecule has 5 rings (SSSR count). The van der Waals surface area contributed by atoms with Gasteiger partial charge in [0.25, 0.3) is 11.8 Å². The first-order valence-electron chi connectivity index (χ1n) is 8.18. The van der Waals surface area contributed by atoms with E-state index in [9.17, 15) is 14.7 Å². The molecule has 4 atom stereocenters. The van der Waals surface area contributed by atoms with E-state index in [-0.39, 0.29) is 47.0 Å². The minimum absolute atomic E-state index is 0.0124. The quantitative estimate of drug-likeness (QED) is 0.477. The van der Waals surface area contributed by atoms with E-state index in [2.05, 4.69) is 33.2 Å². The highest BCUT2D eigenvalue weighted by Gasteiger charge is 2.56. The number of imide groups is 1. The molecule has 0 radical (unpaired) electrons. The summed E-state index contributed by atoms with van der Waals surface area (Å²) in [6.07, 6.45) is 7.52. The Hall–Kier alpha value is -2.15. The Bertz CT molecular complexity index is 788. The number of fused-ring (bicyclic) bond motifs is 1. The molecule has 2 amide bonds. The lowest BCUT2D eigenvalue weighted by Gasteiger charge is -2.37. The summed E-state index contributed by atoms with van der Waals surface area (Å²) in [5.74, 6) is -0.397. The monoisotopic (exact) mass is 404 g/mol. The van der Waals surface area contributed by atoms with E-state index in [0.29, 0.717) is 10.0 Å². The number of aromatic hydroxyl groups is 1. The molecule has 3 aliphatic carbocycles. The smallest absolute Gasteiger partial charge is 0.254 e. The van der Waals surface area contributed by atoms with Crippen LogP contribution in [0.25, 0.3) is 0 Å². The fourth-order valence-corrected chi connectivity index (χ4v) is 4.58. The molecule has 6 nitrogen and oxygen atoms in total. The fourth-order valence-electron chi connectivity index (χ4n) is 4.12. The van der Waals surface area contributed by atoms with E-state index < -0.39 is 0 Å². The van der Waals surface area contributed by atoms with Crippen molar-refractivity contribution in [3.8, 4) is 11.5 Å². The summed E-state index contributed by atoms with van der Waals surface area (Å²) in [7, 11) is 1.45. The summed E-state index contributed by atoms with van der Waals surface area (Å²) in [5.41, 5.74) is 0.609. The SMILES string of the molecule is COc1cc(/C=N/N2C(=O)C3C4C=CC(CC4)C3C2=O)cc(Br)c1O. The number of halogens is 1. The van der Waals surface area contributed by atoms with Crippen LogP contribution < -0.4 is 4.74 Å². The highest BCUT2D eigenvalue weighted by Crippen LogP contribution is 2.49. The van der Waals surface area contributed by atoms with Crippen molar-refractivity contribution in [3.05, 3.63) is 34.3 Å². The molecule has 0 spiro atoms. The molecule has 1 N–H and O–H groups in total. The molecular weight excluding hydrogens is 388 g/mol. The van der Waals surface area contributed by atoms with E-state index in [0.717, 1.165) is 17.9 Å². The van der Waals surface area contributed by atoms with Gasteiger partial charge in [-0.3, -0.25) is 9.59 Å². The summed E-state index contributed by atoms with van der Waals surface area (Å²) in [5, 5.41) is 15.0. The molecule has 1 saturated heterocycles. The molecule has 25 heavy (non-hydrogen) atoms. The standard InChI is InChI=1S/C18H17BrN2O4/c1-25-13-7-9(6-12(19)16(13)22)8-20-21-17(23)14-10-2-3-11(5-4-10)15(14)18(21)24/h2-3,6-8,10-11,14-15,22H,4-5H2,1H3/b20-8+. The zero-order valence-corrected chi connectivity index (χ0v) is 15.1. The molecular formula is C18H17BrN2O4. The van der Waals surface area contributed by atoms with Gasteiger partial charge in [-0.2, -0.15) is 10.1 Å². The number of nitrogens with zero attached hydrogens (tertiary/aromatic N) is 2. The lowest BCUT2D eigenvalue weighted by atomic mass is 9.63. The normalized spacial score (nSPS) is 30.4. The topological polar surface area (TPSA) is 79.2 Å². The van der Waals surface area contributed by atoms with Crippen molar-refractivity contribution in [3.63, 3.8) is 0 Å². The molecule has 0 aromatic heterocycles. The van der Waals surface area contributed by atoms with Crippen LogP contribution in [0.2, 0.25) is 0 Å². The van der Waals surface area contributed by atoms with E-state index in [4.69, 9.17) is 4.74 Å². The zero-order valence-electron chi connectivity index (χ0n) is 13.6. The number of phenols is 1. The van der Waals surface area contributed by atoms with Gasteiger partial charge in [-0.05, 0) is 58.3 Å². The molecule has 130 valence electrons. The van der Waals surface area contributed by atoms with Crippen molar-refractivity contribution in [1.82, 2.24) is 5.01 Å². The van der Waals surface area contributed by atoms with Crippen molar-refractivity contribution in [2.45, 2.75) is 12.8 Å². The highest BCUT2D eigenvalue weighted by atomic mass is 79.9. The minimum atomic E-state index is -0.269. The summed E-state index contributed by atoms with van der Waals surface area (Å²) < 4.78 is 5.54. The predicted octanol–water partition coefficient (Wildman–Crippen LogP) is 2.69. The summed E-state index contributed by atoms with van der Waals surface area (Å²) in [6, 6.07) is 3.23. The van der Waals surface area contributed by atoms with E-state index in [1.165, 1.54) is 13.3 Å². The van der Waals surface area contributed by atoms with Gasteiger partial charge in [0.1, 0.15) is 0 Å². The van der Waals surface area contributed by atoms with Gasteiger partial charge < -0.3 is 9.84 Å². The van der Waals surface area contributed by atoms with Gasteiger partial charge in [-0.1, -0.05) is 12.2 Å². The first-order chi connectivity index (χ1) is 12.0. The Balaban J connectivity index is 1.62. The number of rotatable bonds is 3. The number of methoxy groups -OCH3 is 1. The van der Waals surface area contributed by atoms with Crippen molar-refractivity contribution in [1.29, 1.82) is 0 Å².